The minimum absolute atomic E-state index is 0.0120. The van der Waals surface area contributed by atoms with Gasteiger partial charge in [-0.3, -0.25) is 9.69 Å². The van der Waals surface area contributed by atoms with Crippen LogP contribution in [0.15, 0.2) is 30.3 Å². The third kappa shape index (κ3) is 2.90. The van der Waals surface area contributed by atoms with Crippen LogP contribution in [0.1, 0.15) is 40.5 Å². The van der Waals surface area contributed by atoms with Gasteiger partial charge >= 0.3 is 0 Å². The van der Waals surface area contributed by atoms with Gasteiger partial charge in [0.05, 0.1) is 5.69 Å². The van der Waals surface area contributed by atoms with E-state index in [1.807, 2.05) is 51.1 Å². The van der Waals surface area contributed by atoms with Crippen molar-refractivity contribution in [3.63, 3.8) is 0 Å². The lowest BCUT2D eigenvalue weighted by molar-refractivity contribution is -0.118. The Morgan fingerprint density at radius 3 is 2.44 bits per heavy atom. The van der Waals surface area contributed by atoms with Gasteiger partial charge in [-0.05, 0) is 38.5 Å². The fraction of sp³-hybridized carbons (Fsp3) is 0.300. The minimum Gasteiger partial charge on any atom is -0.299 e. The lowest BCUT2D eigenvalue weighted by Crippen LogP contribution is -2.35. The highest BCUT2D eigenvalue weighted by atomic mass is 35.5. The molecule has 1 amide bonds. The highest BCUT2D eigenvalue weighted by Gasteiger charge is 2.37. The number of hydrogen-bond acceptors (Lipinski definition) is 4. The van der Waals surface area contributed by atoms with Crippen LogP contribution in [0.2, 0.25) is 5.02 Å². The molecule has 0 N–H and O–H groups in total. The van der Waals surface area contributed by atoms with Gasteiger partial charge in [-0.25, -0.2) is 9.97 Å². The molecule has 7 heteroatoms. The Labute approximate surface area is 162 Å². The van der Waals surface area contributed by atoms with Crippen LogP contribution in [-0.2, 0) is 4.79 Å². The van der Waals surface area contributed by atoms with Crippen LogP contribution in [0, 0.1) is 20.8 Å². The fourth-order valence-electron chi connectivity index (χ4n) is 3.75. The molecular formula is C20H20ClN5O. The monoisotopic (exact) mass is 381 g/mol. The van der Waals surface area contributed by atoms with Gasteiger partial charge in [0, 0.05) is 41.4 Å². The maximum Gasteiger partial charge on any atom is 0.252 e. The summed E-state index contributed by atoms with van der Waals surface area (Å²) in [5.41, 5.74) is 4.48. The molecule has 0 radical (unpaired) electrons. The van der Waals surface area contributed by atoms with Gasteiger partial charge in [-0.15, -0.1) is 0 Å². The molecule has 0 fully saturated rings. The smallest absolute Gasteiger partial charge is 0.252 e. The Morgan fingerprint density at radius 2 is 1.78 bits per heavy atom. The number of aryl methyl sites for hydroxylation is 3. The molecule has 1 atom stereocenters. The van der Waals surface area contributed by atoms with E-state index in [0.717, 1.165) is 28.2 Å². The number of aromatic nitrogens is 4. The Kier molecular flexibility index (Phi) is 4.23. The summed E-state index contributed by atoms with van der Waals surface area (Å²) >= 11 is 6.45. The molecular weight excluding hydrogens is 362 g/mol. The van der Waals surface area contributed by atoms with Gasteiger partial charge in [0.15, 0.2) is 0 Å². The van der Waals surface area contributed by atoms with Crippen molar-refractivity contribution in [2.45, 2.75) is 33.1 Å². The lowest BCUT2D eigenvalue weighted by Gasteiger charge is -2.30. The number of carbonyl (C=O) groups is 1. The van der Waals surface area contributed by atoms with Crippen molar-refractivity contribution < 1.29 is 4.79 Å². The van der Waals surface area contributed by atoms with E-state index < -0.39 is 0 Å². The zero-order valence-electron chi connectivity index (χ0n) is 15.7. The maximum atomic E-state index is 12.8. The average molecular weight is 382 g/mol. The molecule has 3 heterocycles. The highest BCUT2D eigenvalue weighted by Crippen LogP contribution is 2.43. The first-order valence-electron chi connectivity index (χ1n) is 8.80. The Bertz CT molecular complexity index is 1040. The molecule has 0 bridgehead atoms. The highest BCUT2D eigenvalue weighted by molar-refractivity contribution is 6.31. The van der Waals surface area contributed by atoms with Gasteiger partial charge in [0.1, 0.15) is 5.82 Å². The molecule has 0 saturated heterocycles. The number of carbonyl (C=O) groups excluding carboxylic acids is 1. The molecule has 3 aromatic rings. The predicted octanol–water partition coefficient (Wildman–Crippen LogP) is 3.74. The number of fused-ring (bicyclic) bond motifs is 1. The summed E-state index contributed by atoms with van der Waals surface area (Å²) in [5, 5.41) is 5.34. The van der Waals surface area contributed by atoms with Crippen molar-refractivity contribution in [3.05, 3.63) is 63.6 Å². The largest absolute Gasteiger partial charge is 0.299 e. The summed E-state index contributed by atoms with van der Waals surface area (Å²) in [6, 6.07) is 9.57. The fourth-order valence-corrected chi connectivity index (χ4v) is 4.02. The maximum absolute atomic E-state index is 12.8. The van der Waals surface area contributed by atoms with E-state index in [1.165, 1.54) is 0 Å². The molecule has 2 aromatic heterocycles. The van der Waals surface area contributed by atoms with Gasteiger partial charge in [0.25, 0.3) is 5.95 Å². The first kappa shape index (κ1) is 17.7. The molecule has 0 aliphatic carbocycles. The lowest BCUT2D eigenvalue weighted by atomic mass is 9.85. The van der Waals surface area contributed by atoms with E-state index in [1.54, 1.807) is 16.6 Å². The van der Waals surface area contributed by atoms with Crippen LogP contribution >= 0.6 is 11.6 Å². The third-order valence-corrected chi connectivity index (χ3v) is 5.29. The zero-order valence-corrected chi connectivity index (χ0v) is 16.4. The average Bonchev–Trinajstić information content (AvgIpc) is 2.96. The van der Waals surface area contributed by atoms with E-state index in [4.69, 9.17) is 11.6 Å². The quantitative estimate of drug-likeness (QED) is 0.678. The Balaban J connectivity index is 1.96. The van der Waals surface area contributed by atoms with Crippen molar-refractivity contribution in [1.82, 2.24) is 19.7 Å². The summed E-state index contributed by atoms with van der Waals surface area (Å²) in [6.07, 6.45) is 0.355. The van der Waals surface area contributed by atoms with E-state index in [2.05, 4.69) is 15.1 Å². The standard InChI is InChI=1S/C20H20ClN5O/c1-11-9-12(2)23-20(22-11)26-19-18(13(3)24-26)15(10-17(27)25(19)4)14-7-5-6-8-16(14)21/h5-9,15H,10H2,1-4H3. The predicted molar refractivity (Wildman–Crippen MR) is 105 cm³/mol. The second kappa shape index (κ2) is 6.46. The third-order valence-electron chi connectivity index (χ3n) is 4.94. The molecule has 27 heavy (non-hydrogen) atoms. The van der Waals surface area contributed by atoms with Crippen molar-refractivity contribution in [2.24, 2.45) is 0 Å². The molecule has 0 spiro atoms. The summed E-state index contributed by atoms with van der Waals surface area (Å²) < 4.78 is 1.67. The first-order valence-corrected chi connectivity index (χ1v) is 9.17. The summed E-state index contributed by atoms with van der Waals surface area (Å²) in [4.78, 5) is 23.5. The SMILES string of the molecule is Cc1cc(C)nc(-n2nc(C)c3c2N(C)C(=O)CC3c2ccccc2Cl)n1. The van der Waals surface area contributed by atoms with Crippen molar-refractivity contribution >= 4 is 23.3 Å². The molecule has 1 aliphatic heterocycles. The number of halogens is 1. The molecule has 1 aromatic carbocycles. The van der Waals surface area contributed by atoms with Crippen molar-refractivity contribution in [3.8, 4) is 5.95 Å². The van der Waals surface area contributed by atoms with Crippen LogP contribution in [0.5, 0.6) is 0 Å². The van der Waals surface area contributed by atoms with E-state index in [-0.39, 0.29) is 11.8 Å². The first-order chi connectivity index (χ1) is 12.9. The van der Waals surface area contributed by atoms with Crippen LogP contribution in [0.3, 0.4) is 0 Å². The second-order valence-corrected chi connectivity index (χ2v) is 7.32. The van der Waals surface area contributed by atoms with Crippen molar-refractivity contribution in [1.29, 1.82) is 0 Å². The number of anilines is 1. The van der Waals surface area contributed by atoms with Crippen LogP contribution < -0.4 is 4.90 Å². The zero-order chi connectivity index (χ0) is 19.3. The van der Waals surface area contributed by atoms with Crippen LogP contribution in [-0.4, -0.2) is 32.7 Å². The number of benzene rings is 1. The summed E-state index contributed by atoms with van der Waals surface area (Å²) in [5.74, 6) is 1.05. The van der Waals surface area contributed by atoms with Crippen molar-refractivity contribution in [2.75, 3.05) is 11.9 Å². The number of amides is 1. The molecule has 4 rings (SSSR count). The number of hydrogen-bond donors (Lipinski definition) is 0. The second-order valence-electron chi connectivity index (χ2n) is 6.92. The molecule has 138 valence electrons. The summed E-state index contributed by atoms with van der Waals surface area (Å²) in [7, 11) is 1.77. The van der Waals surface area contributed by atoms with Crippen LogP contribution in [0.25, 0.3) is 5.95 Å². The number of nitrogens with zero attached hydrogens (tertiary/aromatic N) is 5. The molecule has 1 aliphatic rings. The van der Waals surface area contributed by atoms with Gasteiger partial charge < -0.3 is 0 Å². The minimum atomic E-state index is -0.142. The molecule has 0 saturated carbocycles. The van der Waals surface area contributed by atoms with Gasteiger partial charge in [0.2, 0.25) is 5.91 Å². The van der Waals surface area contributed by atoms with E-state index >= 15 is 0 Å². The Hall–Kier alpha value is -2.73. The normalized spacial score (nSPS) is 16.6. The van der Waals surface area contributed by atoms with E-state index in [0.29, 0.717) is 23.2 Å². The Morgan fingerprint density at radius 1 is 1.11 bits per heavy atom. The molecule has 1 unspecified atom stereocenters. The van der Waals surface area contributed by atoms with Crippen LogP contribution in [0.4, 0.5) is 5.82 Å². The van der Waals surface area contributed by atoms with Gasteiger partial charge in [-0.2, -0.15) is 9.78 Å². The van der Waals surface area contributed by atoms with E-state index in [9.17, 15) is 4.79 Å². The topological polar surface area (TPSA) is 63.9 Å². The summed E-state index contributed by atoms with van der Waals surface area (Å²) in [6.45, 7) is 5.79. The molecule has 6 nitrogen and oxygen atoms in total. The van der Waals surface area contributed by atoms with Gasteiger partial charge in [-0.1, -0.05) is 29.8 Å². The number of rotatable bonds is 2.